The first kappa shape index (κ1) is 9.86. The molecule has 1 heterocycles. The van der Waals surface area contributed by atoms with Crippen LogP contribution in [0.25, 0.3) is 12.2 Å². The highest BCUT2D eigenvalue weighted by atomic mass is 32.1. The third kappa shape index (κ3) is 2.63. The highest BCUT2D eigenvalue weighted by Crippen LogP contribution is 2.14. The Labute approximate surface area is 90.9 Å². The first-order chi connectivity index (χ1) is 7.24. The Balaban J connectivity index is 2.14. The number of thiazole rings is 1. The fraction of sp³-hybridized carbons (Fsp3) is 0. The molecule has 15 heavy (non-hydrogen) atoms. The van der Waals surface area contributed by atoms with Crippen LogP contribution in [0.15, 0.2) is 29.6 Å². The lowest BCUT2D eigenvalue weighted by Gasteiger charge is -1.91. The van der Waals surface area contributed by atoms with Crippen LogP contribution in [0.5, 0.6) is 0 Å². The van der Waals surface area contributed by atoms with Crippen LogP contribution in [0.1, 0.15) is 11.3 Å². The minimum absolute atomic E-state index is 0.231. The summed E-state index contributed by atoms with van der Waals surface area (Å²) in [6.45, 7) is 0. The average molecular weight is 220 g/mol. The van der Waals surface area contributed by atoms with Crippen LogP contribution in [0.2, 0.25) is 0 Å². The molecule has 0 unspecified atom stereocenters. The van der Waals surface area contributed by atoms with E-state index in [1.165, 1.54) is 23.5 Å². The van der Waals surface area contributed by atoms with E-state index in [0.717, 1.165) is 11.3 Å². The number of benzene rings is 1. The molecule has 2 aromatic rings. The van der Waals surface area contributed by atoms with Gasteiger partial charge in [-0.1, -0.05) is 18.2 Å². The van der Waals surface area contributed by atoms with Crippen LogP contribution in [0.3, 0.4) is 0 Å². The van der Waals surface area contributed by atoms with E-state index >= 15 is 0 Å². The van der Waals surface area contributed by atoms with Crippen LogP contribution < -0.4 is 5.73 Å². The van der Waals surface area contributed by atoms with Crippen molar-refractivity contribution in [1.82, 2.24) is 4.98 Å². The molecule has 2 N–H and O–H groups in total. The largest absolute Gasteiger partial charge is 0.375 e. The van der Waals surface area contributed by atoms with Crippen molar-refractivity contribution in [3.63, 3.8) is 0 Å². The zero-order chi connectivity index (χ0) is 10.7. The molecule has 4 heteroatoms. The monoisotopic (exact) mass is 220 g/mol. The van der Waals surface area contributed by atoms with Crippen molar-refractivity contribution in [1.29, 1.82) is 0 Å². The molecule has 0 bridgehead atoms. The Morgan fingerprint density at radius 2 is 1.93 bits per heavy atom. The number of rotatable bonds is 2. The second kappa shape index (κ2) is 4.23. The normalized spacial score (nSPS) is 11.0. The summed E-state index contributed by atoms with van der Waals surface area (Å²) in [5.41, 5.74) is 7.25. The Morgan fingerprint density at radius 1 is 1.20 bits per heavy atom. The lowest BCUT2D eigenvalue weighted by Crippen LogP contribution is -1.81. The van der Waals surface area contributed by atoms with Gasteiger partial charge in [0.2, 0.25) is 0 Å². The molecule has 0 saturated carbocycles. The van der Waals surface area contributed by atoms with E-state index in [2.05, 4.69) is 4.98 Å². The number of halogens is 1. The second-order valence-electron chi connectivity index (χ2n) is 3.00. The minimum Gasteiger partial charge on any atom is -0.375 e. The van der Waals surface area contributed by atoms with Gasteiger partial charge in [-0.3, -0.25) is 0 Å². The van der Waals surface area contributed by atoms with Gasteiger partial charge in [-0.2, -0.15) is 0 Å². The number of hydrogen-bond donors (Lipinski definition) is 1. The zero-order valence-corrected chi connectivity index (χ0v) is 8.67. The number of nitrogens with two attached hydrogens (primary N) is 1. The van der Waals surface area contributed by atoms with Gasteiger partial charge in [-0.05, 0) is 23.8 Å². The van der Waals surface area contributed by atoms with Gasteiger partial charge in [0, 0.05) is 5.38 Å². The summed E-state index contributed by atoms with van der Waals surface area (Å²) in [6, 6.07) is 6.27. The van der Waals surface area contributed by atoms with Crippen molar-refractivity contribution in [2.45, 2.75) is 0 Å². The lowest BCUT2D eigenvalue weighted by atomic mass is 10.2. The molecule has 0 aliphatic carbocycles. The van der Waals surface area contributed by atoms with Gasteiger partial charge in [-0.15, -0.1) is 11.3 Å². The van der Waals surface area contributed by atoms with E-state index in [4.69, 9.17) is 5.73 Å². The van der Waals surface area contributed by atoms with Crippen molar-refractivity contribution >= 4 is 28.6 Å². The first-order valence-corrected chi connectivity index (χ1v) is 5.27. The highest BCUT2D eigenvalue weighted by Gasteiger charge is 1.93. The van der Waals surface area contributed by atoms with Crippen LogP contribution >= 0.6 is 11.3 Å². The standard InChI is InChI=1S/C11H9FN2S/c12-9-4-1-8(2-5-9)3-6-10-7-15-11(13)14-10/h1-7H,(H2,13,14). The smallest absolute Gasteiger partial charge is 0.180 e. The molecule has 0 saturated heterocycles. The maximum Gasteiger partial charge on any atom is 0.180 e. The highest BCUT2D eigenvalue weighted by molar-refractivity contribution is 7.13. The quantitative estimate of drug-likeness (QED) is 0.844. The Morgan fingerprint density at radius 3 is 2.53 bits per heavy atom. The maximum atomic E-state index is 12.6. The van der Waals surface area contributed by atoms with Crippen LogP contribution in [0.4, 0.5) is 9.52 Å². The number of nitrogens with zero attached hydrogens (tertiary/aromatic N) is 1. The SMILES string of the molecule is Nc1nc(C=Cc2ccc(F)cc2)cs1. The third-order valence-corrected chi connectivity index (χ3v) is 2.55. The van der Waals surface area contributed by atoms with Gasteiger partial charge < -0.3 is 5.73 Å². The lowest BCUT2D eigenvalue weighted by molar-refractivity contribution is 0.628. The topological polar surface area (TPSA) is 38.9 Å². The van der Waals surface area contributed by atoms with Crippen molar-refractivity contribution in [3.8, 4) is 0 Å². The van der Waals surface area contributed by atoms with Gasteiger partial charge >= 0.3 is 0 Å². The number of nitrogen functional groups attached to an aromatic ring is 1. The predicted octanol–water partition coefficient (Wildman–Crippen LogP) is 3.03. The van der Waals surface area contributed by atoms with E-state index < -0.39 is 0 Å². The molecule has 0 atom stereocenters. The van der Waals surface area contributed by atoms with E-state index in [1.54, 1.807) is 12.1 Å². The Hall–Kier alpha value is -1.68. The Bertz CT molecular complexity index is 474. The van der Waals surface area contributed by atoms with Crippen molar-refractivity contribution in [3.05, 3.63) is 46.7 Å². The molecular formula is C11H9FN2S. The van der Waals surface area contributed by atoms with Gasteiger partial charge in [-0.25, -0.2) is 9.37 Å². The summed E-state index contributed by atoms with van der Waals surface area (Å²) >= 11 is 1.40. The summed E-state index contributed by atoms with van der Waals surface area (Å²) in [4.78, 5) is 4.08. The summed E-state index contributed by atoms with van der Waals surface area (Å²) in [7, 11) is 0. The number of aromatic nitrogens is 1. The molecule has 0 aliphatic heterocycles. The first-order valence-electron chi connectivity index (χ1n) is 4.39. The fourth-order valence-corrected chi connectivity index (χ4v) is 1.66. The molecular weight excluding hydrogens is 211 g/mol. The van der Waals surface area contributed by atoms with Gasteiger partial charge in [0.15, 0.2) is 5.13 Å². The molecule has 1 aromatic heterocycles. The summed E-state index contributed by atoms with van der Waals surface area (Å²) in [5, 5.41) is 2.42. The van der Waals surface area contributed by atoms with Crippen LogP contribution in [-0.4, -0.2) is 4.98 Å². The minimum atomic E-state index is -0.231. The van der Waals surface area contributed by atoms with Crippen LogP contribution in [-0.2, 0) is 0 Å². The molecule has 0 radical (unpaired) electrons. The summed E-state index contributed by atoms with van der Waals surface area (Å²) < 4.78 is 12.6. The van der Waals surface area contributed by atoms with Crippen molar-refractivity contribution in [2.24, 2.45) is 0 Å². The molecule has 0 aliphatic rings. The molecule has 0 spiro atoms. The predicted molar refractivity (Wildman–Crippen MR) is 61.9 cm³/mol. The van der Waals surface area contributed by atoms with E-state index in [1.807, 2.05) is 17.5 Å². The van der Waals surface area contributed by atoms with E-state index in [9.17, 15) is 4.39 Å². The average Bonchev–Trinajstić information content (AvgIpc) is 2.64. The van der Waals surface area contributed by atoms with Crippen molar-refractivity contribution < 1.29 is 4.39 Å². The van der Waals surface area contributed by atoms with Gasteiger partial charge in [0.05, 0.1) is 5.69 Å². The number of hydrogen-bond acceptors (Lipinski definition) is 3. The van der Waals surface area contributed by atoms with Crippen LogP contribution in [0, 0.1) is 5.82 Å². The maximum absolute atomic E-state index is 12.6. The molecule has 2 nitrogen and oxygen atoms in total. The molecule has 1 aromatic carbocycles. The summed E-state index contributed by atoms with van der Waals surface area (Å²) in [5.74, 6) is -0.231. The second-order valence-corrected chi connectivity index (χ2v) is 3.89. The van der Waals surface area contributed by atoms with Gasteiger partial charge in [0.1, 0.15) is 5.82 Å². The number of anilines is 1. The van der Waals surface area contributed by atoms with E-state index in [0.29, 0.717) is 5.13 Å². The molecule has 0 fully saturated rings. The van der Waals surface area contributed by atoms with Gasteiger partial charge in [0.25, 0.3) is 0 Å². The zero-order valence-electron chi connectivity index (χ0n) is 7.85. The molecule has 0 amide bonds. The Kier molecular flexibility index (Phi) is 2.78. The van der Waals surface area contributed by atoms with Crippen molar-refractivity contribution in [2.75, 3.05) is 5.73 Å². The molecule has 2 rings (SSSR count). The van der Waals surface area contributed by atoms with E-state index in [-0.39, 0.29) is 5.82 Å². The summed E-state index contributed by atoms with van der Waals surface area (Å²) in [6.07, 6.45) is 3.72. The third-order valence-electron chi connectivity index (χ3n) is 1.86. The molecule has 76 valence electrons. The fourth-order valence-electron chi connectivity index (χ4n) is 1.13.